The van der Waals surface area contributed by atoms with Crippen molar-refractivity contribution in [2.75, 3.05) is 23.8 Å². The van der Waals surface area contributed by atoms with Gasteiger partial charge < -0.3 is 35.2 Å². The Morgan fingerprint density at radius 1 is 0.964 bits per heavy atom. The highest BCUT2D eigenvalue weighted by Crippen LogP contribution is 2.39. The van der Waals surface area contributed by atoms with Gasteiger partial charge in [0.05, 0.1) is 30.1 Å². The van der Waals surface area contributed by atoms with Gasteiger partial charge in [0.1, 0.15) is 30.8 Å². The van der Waals surface area contributed by atoms with Crippen LogP contribution in [0.2, 0.25) is 0 Å². The highest BCUT2D eigenvalue weighted by Gasteiger charge is 2.59. The van der Waals surface area contributed by atoms with Crippen molar-refractivity contribution in [2.45, 2.75) is 50.0 Å². The molecular weight excluding hydrogens is 739 g/mol. The molecule has 14 nitrogen and oxygen atoms in total. The zero-order chi connectivity index (χ0) is 40.5. The Labute approximate surface area is 317 Å². The Bertz CT molecular complexity index is 2120. The minimum absolute atomic E-state index is 0.0955. The van der Waals surface area contributed by atoms with Crippen molar-refractivity contribution in [3.63, 3.8) is 0 Å². The Kier molecular flexibility index (Phi) is 12.8. The number of benzene rings is 3. The largest absolute Gasteiger partial charge is 0.490 e. The van der Waals surface area contributed by atoms with Crippen LogP contribution in [0, 0.1) is 0 Å². The summed E-state index contributed by atoms with van der Waals surface area (Å²) >= 11 is 0. The molecule has 3 heterocycles. The van der Waals surface area contributed by atoms with Crippen molar-refractivity contribution in [3.8, 4) is 16.9 Å². The number of aldehydes is 2. The van der Waals surface area contributed by atoms with Crippen molar-refractivity contribution >= 4 is 53.5 Å². The number of aryl methyl sites for hydroxylation is 1. The molecule has 0 radical (unpaired) electrons. The molecule has 0 saturated carbocycles. The minimum atomic E-state index is -5.08. The van der Waals surface area contributed by atoms with E-state index in [0.29, 0.717) is 65.2 Å². The molecule has 0 spiro atoms. The number of esters is 1. The van der Waals surface area contributed by atoms with E-state index in [9.17, 15) is 37.1 Å². The van der Waals surface area contributed by atoms with Crippen LogP contribution < -0.4 is 26.0 Å². The first-order valence-electron chi connectivity index (χ1n) is 17.2. The molecular formula is C39H36F3N5O9. The van der Waals surface area contributed by atoms with E-state index < -0.39 is 29.7 Å². The second-order valence-corrected chi connectivity index (χ2v) is 12.7. The summed E-state index contributed by atoms with van der Waals surface area (Å²) in [5.41, 5.74) is 9.11. The van der Waals surface area contributed by atoms with Crippen LogP contribution in [0.4, 0.5) is 30.4 Å². The van der Waals surface area contributed by atoms with E-state index in [-0.39, 0.29) is 31.4 Å². The van der Waals surface area contributed by atoms with Crippen LogP contribution in [-0.4, -0.2) is 77.3 Å². The number of nitrogen functional groups attached to an aromatic ring is 1. The van der Waals surface area contributed by atoms with E-state index >= 15 is 0 Å². The fourth-order valence-electron chi connectivity index (χ4n) is 5.90. The monoisotopic (exact) mass is 775 g/mol. The molecule has 5 N–H and O–H groups in total. The van der Waals surface area contributed by atoms with E-state index in [1.807, 2.05) is 48.5 Å². The van der Waals surface area contributed by atoms with Gasteiger partial charge in [-0.25, -0.2) is 9.78 Å². The first kappa shape index (κ1) is 40.6. The number of aromatic nitrogens is 1. The van der Waals surface area contributed by atoms with Crippen LogP contribution in [-0.2, 0) is 41.7 Å². The number of rotatable bonds is 14. The fourth-order valence-corrected chi connectivity index (χ4v) is 5.90. The van der Waals surface area contributed by atoms with E-state index in [1.54, 1.807) is 41.4 Å². The van der Waals surface area contributed by atoms with Gasteiger partial charge in [0.15, 0.2) is 11.6 Å². The van der Waals surface area contributed by atoms with Gasteiger partial charge in [-0.2, -0.15) is 13.2 Å². The number of carboxylic acids is 1. The third kappa shape index (κ3) is 9.72. The van der Waals surface area contributed by atoms with Crippen molar-refractivity contribution < 1.29 is 56.5 Å². The van der Waals surface area contributed by atoms with Gasteiger partial charge in [-0.1, -0.05) is 42.5 Å². The highest BCUT2D eigenvalue weighted by molar-refractivity contribution is 6.14. The molecule has 0 aliphatic carbocycles. The number of unbranched alkanes of at least 4 members (excludes halogenated alkanes) is 1. The van der Waals surface area contributed by atoms with Crippen LogP contribution in [0.1, 0.15) is 40.7 Å². The molecule has 292 valence electrons. The molecule has 2 aliphatic heterocycles. The van der Waals surface area contributed by atoms with Gasteiger partial charge in [-0.3, -0.25) is 24.6 Å². The van der Waals surface area contributed by atoms with E-state index in [0.717, 1.165) is 24.0 Å². The first-order valence-corrected chi connectivity index (χ1v) is 17.2. The summed E-state index contributed by atoms with van der Waals surface area (Å²) in [5, 5.41) is 12.6. The Morgan fingerprint density at radius 2 is 1.64 bits per heavy atom. The Morgan fingerprint density at radius 3 is 2.30 bits per heavy atom. The summed E-state index contributed by atoms with van der Waals surface area (Å²) < 4.78 is 43.0. The average molecular weight is 776 g/mol. The SMILES string of the molecule is Nc1ncccc1OCCCCc1ccc2c(c1)C(=O)NCC(=O)N2c1ccc(COC(=O)C2NC2(C=O)CC=O)cc1-c1ccccc1.O=C(O)C(F)(F)F. The second-order valence-electron chi connectivity index (χ2n) is 12.7. The predicted molar refractivity (Wildman–Crippen MR) is 195 cm³/mol. The molecule has 1 aromatic heterocycles. The van der Waals surface area contributed by atoms with Gasteiger partial charge >= 0.3 is 18.1 Å². The van der Waals surface area contributed by atoms with Gasteiger partial charge in [0.25, 0.3) is 11.8 Å². The molecule has 1 fully saturated rings. The Balaban J connectivity index is 0.000000784. The number of pyridine rings is 1. The lowest BCUT2D eigenvalue weighted by atomic mass is 9.98. The number of carbonyl (C=O) groups is 6. The maximum Gasteiger partial charge on any atom is 0.490 e. The lowest BCUT2D eigenvalue weighted by Gasteiger charge is -2.26. The normalized spacial score (nSPS) is 17.3. The molecule has 1 saturated heterocycles. The summed E-state index contributed by atoms with van der Waals surface area (Å²) in [6, 6.07) is 23.0. The summed E-state index contributed by atoms with van der Waals surface area (Å²) in [6.07, 6.45) is -0.185. The molecule has 2 atom stereocenters. The van der Waals surface area contributed by atoms with Crippen LogP contribution in [0.15, 0.2) is 85.1 Å². The van der Waals surface area contributed by atoms with Crippen LogP contribution in [0.3, 0.4) is 0 Å². The molecule has 0 bridgehead atoms. The van der Waals surface area contributed by atoms with Gasteiger partial charge in [0.2, 0.25) is 0 Å². The number of fused-ring (bicyclic) bond motifs is 1. The Hall–Kier alpha value is -6.62. The lowest BCUT2D eigenvalue weighted by molar-refractivity contribution is -0.192. The maximum absolute atomic E-state index is 13.7. The van der Waals surface area contributed by atoms with Gasteiger partial charge in [-0.05, 0) is 72.4 Å². The van der Waals surface area contributed by atoms with E-state index in [2.05, 4.69) is 15.6 Å². The number of alkyl halides is 3. The number of carboxylic acid groups (broad SMARTS) is 1. The summed E-state index contributed by atoms with van der Waals surface area (Å²) in [4.78, 5) is 76.5. The number of nitrogens with one attached hydrogen (secondary N) is 2. The van der Waals surface area contributed by atoms with Gasteiger partial charge in [0, 0.05) is 18.2 Å². The molecule has 17 heteroatoms. The number of nitrogens with two attached hydrogens (primary N) is 1. The number of hydrogen-bond acceptors (Lipinski definition) is 11. The topological polar surface area (TPSA) is 217 Å². The third-order valence-corrected chi connectivity index (χ3v) is 8.84. The van der Waals surface area contributed by atoms with Crippen molar-refractivity contribution in [1.29, 1.82) is 0 Å². The highest BCUT2D eigenvalue weighted by atomic mass is 19.4. The summed E-state index contributed by atoms with van der Waals surface area (Å²) in [6.45, 7) is 0.179. The first-order chi connectivity index (χ1) is 26.8. The number of aliphatic carboxylic acids is 1. The summed E-state index contributed by atoms with van der Waals surface area (Å²) in [7, 11) is 0. The zero-order valence-electron chi connectivity index (χ0n) is 29.6. The summed E-state index contributed by atoms with van der Waals surface area (Å²) in [5.74, 6) is -3.16. The number of amides is 2. The van der Waals surface area contributed by atoms with E-state index in [1.165, 1.54) is 0 Å². The fraction of sp³-hybridized carbons (Fsp3) is 0.256. The molecule has 56 heavy (non-hydrogen) atoms. The average Bonchev–Trinajstić information content (AvgIpc) is 3.93. The zero-order valence-corrected chi connectivity index (χ0v) is 29.6. The third-order valence-electron chi connectivity index (χ3n) is 8.84. The van der Waals surface area contributed by atoms with Gasteiger partial charge in [-0.15, -0.1) is 0 Å². The number of carbonyl (C=O) groups excluding carboxylic acids is 5. The predicted octanol–water partition coefficient (Wildman–Crippen LogP) is 4.32. The minimum Gasteiger partial charge on any atom is -0.490 e. The number of halogens is 3. The van der Waals surface area contributed by atoms with Crippen LogP contribution >= 0.6 is 0 Å². The van der Waals surface area contributed by atoms with Crippen molar-refractivity contribution in [3.05, 3.63) is 102 Å². The number of anilines is 3. The molecule has 2 aliphatic rings. The van der Waals surface area contributed by atoms with Crippen LogP contribution in [0.25, 0.3) is 11.1 Å². The molecule has 2 amide bonds. The molecule has 4 aromatic rings. The van der Waals surface area contributed by atoms with Crippen molar-refractivity contribution in [1.82, 2.24) is 15.6 Å². The van der Waals surface area contributed by atoms with Crippen LogP contribution in [0.5, 0.6) is 5.75 Å². The number of nitrogens with zero attached hydrogens (tertiary/aromatic N) is 2. The van der Waals surface area contributed by atoms with Crippen molar-refractivity contribution in [2.24, 2.45) is 0 Å². The molecule has 6 rings (SSSR count). The molecule has 3 aromatic carbocycles. The number of ether oxygens (including phenoxy) is 2. The maximum atomic E-state index is 13.7. The second kappa shape index (κ2) is 17.7. The lowest BCUT2D eigenvalue weighted by Crippen LogP contribution is -2.33. The van der Waals surface area contributed by atoms with E-state index in [4.69, 9.17) is 25.1 Å². The number of hydrogen-bond donors (Lipinski definition) is 4. The molecule has 2 unspecified atom stereocenters. The standard InChI is InChI=1S/C37H35N5O7.C2HF3O2/c38-34-31(10-6-16-39-34)48-18-5-4-7-24-11-13-30-28(19-24)35(46)40-21-32(45)42(30)29-14-12-25(20-27(29)26-8-2-1-3-9-26)22-49-36(47)33-37(23-44,41-33)15-17-43;3-2(4,5)1(6)7/h1-3,6,8-14,16-17,19-20,23,33,41H,4-5,7,15,18,21-22H2,(H2,38,39)(H,40,46);(H,6,7). The quantitative estimate of drug-likeness (QED) is 0.0610. The smallest absolute Gasteiger partial charge is 0.490 e.